The molecular weight excluding hydrogens is 243 g/mol. The van der Waals surface area contributed by atoms with Gasteiger partial charge in [-0.15, -0.1) is 0 Å². The normalized spacial score (nSPS) is 12.7. The summed E-state index contributed by atoms with van der Waals surface area (Å²) < 4.78 is 15.2. The number of benzene rings is 1. The molecule has 0 fully saturated rings. The number of nitrogens with two attached hydrogens (primary N) is 1. The quantitative estimate of drug-likeness (QED) is 0.871. The van der Waals surface area contributed by atoms with Gasteiger partial charge in [-0.2, -0.15) is 0 Å². The molecule has 1 aromatic heterocycles. The largest absolute Gasteiger partial charge is 0.375 e. The highest BCUT2D eigenvalue weighted by molar-refractivity contribution is 5.45. The molecule has 1 heterocycles. The van der Waals surface area contributed by atoms with Gasteiger partial charge in [0.25, 0.3) is 0 Å². The predicted octanol–water partition coefficient (Wildman–Crippen LogP) is 2.72. The zero-order chi connectivity index (χ0) is 13.8. The van der Waals surface area contributed by atoms with Crippen LogP contribution in [0.25, 0.3) is 0 Å². The van der Waals surface area contributed by atoms with Crippen LogP contribution in [0, 0.1) is 5.82 Å². The Labute approximate surface area is 112 Å². The summed E-state index contributed by atoms with van der Waals surface area (Å²) in [5.41, 5.74) is 7.54. The number of rotatable bonds is 5. The molecule has 3 N–H and O–H groups in total. The number of hydrogen-bond acceptors (Lipinski definition) is 3. The maximum Gasteiger partial charge on any atom is 0.125 e. The maximum absolute atomic E-state index is 13.2. The number of imidazole rings is 1. The van der Waals surface area contributed by atoms with E-state index >= 15 is 0 Å². The summed E-state index contributed by atoms with van der Waals surface area (Å²) in [4.78, 5) is 4.16. The van der Waals surface area contributed by atoms with E-state index in [-0.39, 0.29) is 11.9 Å². The van der Waals surface area contributed by atoms with Crippen LogP contribution in [-0.4, -0.2) is 16.1 Å². The van der Waals surface area contributed by atoms with Crippen molar-refractivity contribution in [3.63, 3.8) is 0 Å². The molecule has 1 atom stereocenters. The number of nitrogens with one attached hydrogen (secondary N) is 1. The predicted molar refractivity (Wildman–Crippen MR) is 74.4 cm³/mol. The average Bonchev–Trinajstić information content (AvgIpc) is 2.85. The lowest BCUT2D eigenvalue weighted by Crippen LogP contribution is -2.23. The molecule has 0 aliphatic rings. The first kappa shape index (κ1) is 13.5. The first-order valence-corrected chi connectivity index (χ1v) is 6.35. The van der Waals surface area contributed by atoms with E-state index in [0.717, 1.165) is 5.69 Å². The number of nitrogens with zero attached hydrogens (tertiary/aromatic N) is 2. The molecule has 102 valence electrons. The molecule has 0 bridgehead atoms. The molecule has 19 heavy (non-hydrogen) atoms. The van der Waals surface area contributed by atoms with Crippen LogP contribution in [0.1, 0.15) is 31.6 Å². The molecule has 0 amide bonds. The number of halogens is 1. The number of hydrogen-bond donors (Lipinski definition) is 2. The molecule has 0 aliphatic carbocycles. The van der Waals surface area contributed by atoms with Gasteiger partial charge in [-0.3, -0.25) is 0 Å². The van der Waals surface area contributed by atoms with Gasteiger partial charge in [-0.05, 0) is 32.0 Å². The molecule has 0 spiro atoms. The van der Waals surface area contributed by atoms with E-state index in [1.54, 1.807) is 18.6 Å². The summed E-state index contributed by atoms with van der Waals surface area (Å²) in [6.07, 6.45) is 3.58. The second-order valence-corrected chi connectivity index (χ2v) is 4.76. The third-order valence-electron chi connectivity index (χ3n) is 3.01. The fourth-order valence-electron chi connectivity index (χ4n) is 2.05. The highest BCUT2D eigenvalue weighted by Gasteiger charge is 2.16. The molecule has 1 unspecified atom stereocenters. The van der Waals surface area contributed by atoms with Crippen LogP contribution >= 0.6 is 0 Å². The van der Waals surface area contributed by atoms with E-state index in [0.29, 0.717) is 18.3 Å². The monoisotopic (exact) mass is 262 g/mol. The van der Waals surface area contributed by atoms with Crippen molar-refractivity contribution in [3.05, 3.63) is 48.3 Å². The Bertz CT molecular complexity index is 536. The summed E-state index contributed by atoms with van der Waals surface area (Å²) in [6.45, 7) is 4.58. The maximum atomic E-state index is 13.2. The Morgan fingerprint density at radius 2 is 2.21 bits per heavy atom. The summed E-state index contributed by atoms with van der Waals surface area (Å²) >= 11 is 0. The molecule has 2 rings (SSSR count). The third kappa shape index (κ3) is 3.12. The van der Waals surface area contributed by atoms with Gasteiger partial charge in [0.2, 0.25) is 0 Å². The second-order valence-electron chi connectivity index (χ2n) is 4.76. The van der Waals surface area contributed by atoms with Crippen molar-refractivity contribution < 1.29 is 4.39 Å². The smallest absolute Gasteiger partial charge is 0.125 e. The molecule has 0 saturated carbocycles. The van der Waals surface area contributed by atoms with Crippen LogP contribution in [0.2, 0.25) is 0 Å². The van der Waals surface area contributed by atoms with Gasteiger partial charge in [0.05, 0.1) is 24.3 Å². The number of aromatic nitrogens is 2. The molecule has 2 aromatic rings. The first-order valence-electron chi connectivity index (χ1n) is 6.35. The van der Waals surface area contributed by atoms with Crippen LogP contribution < -0.4 is 11.1 Å². The molecule has 0 aliphatic heterocycles. The summed E-state index contributed by atoms with van der Waals surface area (Å²) in [6, 6.07) is 6.58. The van der Waals surface area contributed by atoms with Gasteiger partial charge in [0.15, 0.2) is 0 Å². The lowest BCUT2D eigenvalue weighted by Gasteiger charge is -2.21. The Balaban J connectivity index is 2.23. The summed E-state index contributed by atoms with van der Waals surface area (Å²) in [7, 11) is 0. The van der Waals surface area contributed by atoms with Crippen LogP contribution in [0.3, 0.4) is 0 Å². The minimum absolute atomic E-state index is 0.0910. The van der Waals surface area contributed by atoms with Crippen molar-refractivity contribution in [1.82, 2.24) is 9.55 Å². The van der Waals surface area contributed by atoms with Crippen molar-refractivity contribution in [2.75, 3.05) is 11.9 Å². The summed E-state index contributed by atoms with van der Waals surface area (Å²) in [5.74, 6) is -0.266. The first-order chi connectivity index (χ1) is 9.11. The minimum atomic E-state index is -0.266. The molecule has 4 nitrogen and oxygen atoms in total. The standard InChI is InChI=1S/C14H19FN4/c1-10(2)19-9-17-8-14(19)13(7-16)18-12-5-3-4-11(15)6-12/h3-6,8-10,13,18H,7,16H2,1-2H3. The fourth-order valence-corrected chi connectivity index (χ4v) is 2.05. The van der Waals surface area contributed by atoms with E-state index in [4.69, 9.17) is 5.73 Å². The second kappa shape index (κ2) is 5.84. The van der Waals surface area contributed by atoms with Crippen LogP contribution in [0.5, 0.6) is 0 Å². The molecular formula is C14H19FN4. The Kier molecular flexibility index (Phi) is 4.16. The Morgan fingerprint density at radius 1 is 1.42 bits per heavy atom. The minimum Gasteiger partial charge on any atom is -0.375 e. The van der Waals surface area contributed by atoms with Gasteiger partial charge >= 0.3 is 0 Å². The van der Waals surface area contributed by atoms with Gasteiger partial charge in [0, 0.05) is 18.3 Å². The fraction of sp³-hybridized carbons (Fsp3) is 0.357. The van der Waals surface area contributed by atoms with E-state index in [1.807, 2.05) is 6.07 Å². The average molecular weight is 262 g/mol. The van der Waals surface area contributed by atoms with Crippen molar-refractivity contribution in [3.8, 4) is 0 Å². The highest BCUT2D eigenvalue weighted by Crippen LogP contribution is 2.21. The van der Waals surface area contributed by atoms with Crippen LogP contribution in [0.15, 0.2) is 36.8 Å². The summed E-state index contributed by atoms with van der Waals surface area (Å²) in [5, 5.41) is 3.24. The van der Waals surface area contributed by atoms with Crippen molar-refractivity contribution in [2.24, 2.45) is 5.73 Å². The lowest BCUT2D eigenvalue weighted by molar-refractivity contribution is 0.553. The van der Waals surface area contributed by atoms with Crippen molar-refractivity contribution in [2.45, 2.75) is 25.9 Å². The van der Waals surface area contributed by atoms with Crippen molar-refractivity contribution >= 4 is 5.69 Å². The van der Waals surface area contributed by atoms with Gasteiger partial charge in [0.1, 0.15) is 5.82 Å². The molecule has 5 heteroatoms. The topological polar surface area (TPSA) is 55.9 Å². The Hall–Kier alpha value is -1.88. The zero-order valence-electron chi connectivity index (χ0n) is 11.2. The molecule has 1 aromatic carbocycles. The third-order valence-corrected chi connectivity index (χ3v) is 3.01. The van der Waals surface area contributed by atoms with Gasteiger partial charge < -0.3 is 15.6 Å². The zero-order valence-corrected chi connectivity index (χ0v) is 11.2. The SMILES string of the molecule is CC(C)n1cncc1C(CN)Nc1cccc(F)c1. The van der Waals surface area contributed by atoms with Gasteiger partial charge in [-0.25, -0.2) is 9.37 Å². The number of anilines is 1. The van der Waals surface area contributed by atoms with Crippen LogP contribution in [-0.2, 0) is 0 Å². The lowest BCUT2D eigenvalue weighted by atomic mass is 10.2. The van der Waals surface area contributed by atoms with Crippen LogP contribution in [0.4, 0.5) is 10.1 Å². The molecule has 0 saturated heterocycles. The van der Waals surface area contributed by atoms with E-state index in [1.165, 1.54) is 12.1 Å². The van der Waals surface area contributed by atoms with E-state index in [9.17, 15) is 4.39 Å². The van der Waals surface area contributed by atoms with E-state index < -0.39 is 0 Å². The van der Waals surface area contributed by atoms with Crippen molar-refractivity contribution in [1.29, 1.82) is 0 Å². The molecule has 0 radical (unpaired) electrons. The Morgan fingerprint density at radius 3 is 2.84 bits per heavy atom. The van der Waals surface area contributed by atoms with Gasteiger partial charge in [-0.1, -0.05) is 6.07 Å². The highest BCUT2D eigenvalue weighted by atomic mass is 19.1. The van der Waals surface area contributed by atoms with E-state index in [2.05, 4.69) is 28.7 Å².